The molecular weight excluding hydrogens is 414 g/mol. The van der Waals surface area contributed by atoms with Gasteiger partial charge in [0.1, 0.15) is 0 Å². The number of para-hydroxylation sites is 1. The molecule has 0 saturated carbocycles. The molecule has 0 aliphatic heterocycles. The molecule has 0 spiro atoms. The smallest absolute Gasteiger partial charge is 0.336 e. The zero-order valence-corrected chi connectivity index (χ0v) is 16.9. The quantitative estimate of drug-likeness (QED) is 0.344. The molecule has 6 nitrogen and oxygen atoms in total. The van der Waals surface area contributed by atoms with E-state index in [1.165, 1.54) is 12.3 Å². The zero-order chi connectivity index (χ0) is 21.8. The minimum atomic E-state index is -1.07. The number of halogens is 1. The van der Waals surface area contributed by atoms with Gasteiger partial charge in [0.15, 0.2) is 0 Å². The summed E-state index contributed by atoms with van der Waals surface area (Å²) in [5.74, 6) is -1.52. The maximum absolute atomic E-state index is 12.9. The first-order valence-corrected chi connectivity index (χ1v) is 9.73. The van der Waals surface area contributed by atoms with E-state index in [0.29, 0.717) is 38.3 Å². The molecule has 4 aromatic rings. The van der Waals surface area contributed by atoms with Crippen molar-refractivity contribution in [1.82, 2.24) is 10.4 Å². The van der Waals surface area contributed by atoms with Crippen molar-refractivity contribution in [3.05, 3.63) is 101 Å². The summed E-state index contributed by atoms with van der Waals surface area (Å²) in [6.07, 6.45) is 1.31. The van der Waals surface area contributed by atoms with Gasteiger partial charge in [-0.05, 0) is 24.3 Å². The summed E-state index contributed by atoms with van der Waals surface area (Å²) in [4.78, 5) is 28.9. The van der Waals surface area contributed by atoms with E-state index in [2.05, 4.69) is 15.5 Å². The normalized spacial score (nSPS) is 11.0. The summed E-state index contributed by atoms with van der Waals surface area (Å²) in [5, 5.41) is 14.4. The number of fused-ring (bicyclic) bond motifs is 1. The highest BCUT2D eigenvalue weighted by atomic mass is 35.5. The van der Waals surface area contributed by atoms with Gasteiger partial charge in [0.05, 0.1) is 28.6 Å². The van der Waals surface area contributed by atoms with Crippen LogP contribution in [0.2, 0.25) is 5.02 Å². The minimum Gasteiger partial charge on any atom is -0.478 e. The molecule has 2 N–H and O–H groups in total. The Morgan fingerprint density at radius 3 is 2.45 bits per heavy atom. The summed E-state index contributed by atoms with van der Waals surface area (Å²) < 4.78 is 0. The van der Waals surface area contributed by atoms with E-state index in [9.17, 15) is 14.7 Å². The van der Waals surface area contributed by atoms with Gasteiger partial charge in [-0.1, -0.05) is 66.2 Å². The van der Waals surface area contributed by atoms with Gasteiger partial charge in [0.2, 0.25) is 0 Å². The van der Waals surface area contributed by atoms with E-state index >= 15 is 0 Å². The van der Waals surface area contributed by atoms with E-state index < -0.39 is 11.9 Å². The number of nitrogens with one attached hydrogen (secondary N) is 1. The lowest BCUT2D eigenvalue weighted by atomic mass is 10.0. The second-order valence-electron chi connectivity index (χ2n) is 6.64. The van der Waals surface area contributed by atoms with Gasteiger partial charge in [-0.25, -0.2) is 15.2 Å². The monoisotopic (exact) mass is 429 g/mol. The third-order valence-corrected chi connectivity index (χ3v) is 5.00. The molecule has 1 amide bonds. The maximum atomic E-state index is 12.9. The number of hydrogen-bond donors (Lipinski definition) is 2. The third-order valence-electron chi connectivity index (χ3n) is 4.67. The fourth-order valence-electron chi connectivity index (χ4n) is 3.20. The van der Waals surface area contributed by atoms with Crippen LogP contribution in [0.3, 0.4) is 0 Å². The highest BCUT2D eigenvalue weighted by Crippen LogP contribution is 2.29. The van der Waals surface area contributed by atoms with Gasteiger partial charge in [0.25, 0.3) is 5.91 Å². The number of aromatic carboxylic acids is 1. The Morgan fingerprint density at radius 2 is 1.65 bits per heavy atom. The van der Waals surface area contributed by atoms with Gasteiger partial charge in [-0.15, -0.1) is 0 Å². The SMILES string of the molecule is O=C(O)c1ccccc1/C=N/NC(=O)c1cc(-c2ccccc2Cl)nc2ccccc12. The van der Waals surface area contributed by atoms with Crippen molar-refractivity contribution in [2.24, 2.45) is 5.10 Å². The molecule has 0 saturated heterocycles. The van der Waals surface area contributed by atoms with Crippen LogP contribution in [0.5, 0.6) is 0 Å². The molecule has 1 aromatic heterocycles. The van der Waals surface area contributed by atoms with Crippen LogP contribution in [-0.2, 0) is 0 Å². The Hall–Kier alpha value is -4.03. The minimum absolute atomic E-state index is 0.0934. The van der Waals surface area contributed by atoms with E-state index in [4.69, 9.17) is 11.6 Å². The molecule has 31 heavy (non-hydrogen) atoms. The van der Waals surface area contributed by atoms with Crippen molar-refractivity contribution >= 4 is 40.6 Å². The van der Waals surface area contributed by atoms with Crippen LogP contribution in [0, 0.1) is 0 Å². The molecule has 0 atom stereocenters. The van der Waals surface area contributed by atoms with Crippen molar-refractivity contribution in [3.63, 3.8) is 0 Å². The molecule has 1 heterocycles. The number of hydrogen-bond acceptors (Lipinski definition) is 4. The average Bonchev–Trinajstić information content (AvgIpc) is 2.78. The number of amides is 1. The highest BCUT2D eigenvalue weighted by molar-refractivity contribution is 6.33. The Morgan fingerprint density at radius 1 is 0.935 bits per heavy atom. The Labute approximate surface area is 182 Å². The molecule has 3 aromatic carbocycles. The second-order valence-corrected chi connectivity index (χ2v) is 7.05. The number of pyridine rings is 1. The molecule has 4 rings (SSSR count). The van der Waals surface area contributed by atoms with Crippen molar-refractivity contribution in [1.29, 1.82) is 0 Å². The van der Waals surface area contributed by atoms with Crippen LogP contribution in [0.25, 0.3) is 22.2 Å². The second kappa shape index (κ2) is 8.77. The predicted molar refractivity (Wildman–Crippen MR) is 121 cm³/mol. The number of carbonyl (C=O) groups is 2. The molecule has 0 aliphatic rings. The lowest BCUT2D eigenvalue weighted by Gasteiger charge is -2.10. The molecule has 0 aliphatic carbocycles. The largest absolute Gasteiger partial charge is 0.478 e. The molecule has 0 fully saturated rings. The summed E-state index contributed by atoms with van der Waals surface area (Å²) in [6, 6.07) is 22.6. The van der Waals surface area contributed by atoms with Crippen molar-refractivity contribution in [3.8, 4) is 11.3 Å². The van der Waals surface area contributed by atoms with E-state index in [-0.39, 0.29) is 5.56 Å². The summed E-state index contributed by atoms with van der Waals surface area (Å²) in [6.45, 7) is 0. The number of aromatic nitrogens is 1. The van der Waals surface area contributed by atoms with Crippen LogP contribution in [-0.4, -0.2) is 28.2 Å². The number of nitrogens with zero attached hydrogens (tertiary/aromatic N) is 2. The summed E-state index contributed by atoms with van der Waals surface area (Å²) in [7, 11) is 0. The first-order chi connectivity index (χ1) is 15.0. The molecule has 0 bridgehead atoms. The van der Waals surface area contributed by atoms with E-state index in [1.807, 2.05) is 36.4 Å². The number of hydrazone groups is 1. The first-order valence-electron chi connectivity index (χ1n) is 9.35. The zero-order valence-electron chi connectivity index (χ0n) is 16.1. The molecule has 0 unspecified atom stereocenters. The third kappa shape index (κ3) is 4.29. The lowest BCUT2D eigenvalue weighted by molar-refractivity contribution is 0.0696. The lowest BCUT2D eigenvalue weighted by Crippen LogP contribution is -2.18. The van der Waals surface area contributed by atoms with E-state index in [1.54, 1.807) is 36.4 Å². The predicted octanol–water partition coefficient (Wildman–Crippen LogP) is 5.02. The number of carboxylic acids is 1. The molecule has 7 heteroatoms. The highest BCUT2D eigenvalue weighted by Gasteiger charge is 2.15. The summed E-state index contributed by atoms with van der Waals surface area (Å²) >= 11 is 6.32. The van der Waals surface area contributed by atoms with Gasteiger partial charge >= 0.3 is 5.97 Å². The number of carbonyl (C=O) groups excluding carboxylic acids is 1. The Kier molecular flexibility index (Phi) is 5.73. The Bertz CT molecular complexity index is 1330. The topological polar surface area (TPSA) is 91.6 Å². The molecule has 0 radical (unpaired) electrons. The van der Waals surface area contributed by atoms with Crippen LogP contribution in [0.1, 0.15) is 26.3 Å². The van der Waals surface area contributed by atoms with Crippen molar-refractivity contribution < 1.29 is 14.7 Å². The number of rotatable bonds is 5. The molecular formula is C24H16ClN3O3. The van der Waals surface area contributed by atoms with Gasteiger partial charge < -0.3 is 5.11 Å². The number of benzene rings is 3. The maximum Gasteiger partial charge on any atom is 0.336 e. The molecule has 152 valence electrons. The van der Waals surface area contributed by atoms with E-state index in [0.717, 1.165) is 0 Å². The van der Waals surface area contributed by atoms with Crippen LogP contribution in [0.4, 0.5) is 0 Å². The Balaban J connectivity index is 1.70. The van der Waals surface area contributed by atoms with Gasteiger partial charge in [0, 0.05) is 21.5 Å². The first kappa shape index (κ1) is 20.3. The fourth-order valence-corrected chi connectivity index (χ4v) is 3.43. The van der Waals surface area contributed by atoms with Crippen LogP contribution >= 0.6 is 11.6 Å². The van der Waals surface area contributed by atoms with Gasteiger partial charge in [-0.3, -0.25) is 4.79 Å². The van der Waals surface area contributed by atoms with Gasteiger partial charge in [-0.2, -0.15) is 5.10 Å². The van der Waals surface area contributed by atoms with Crippen LogP contribution < -0.4 is 5.43 Å². The standard InChI is InChI=1S/C24H16ClN3O3/c25-20-11-5-3-10-18(20)22-13-19(17-9-4-6-12-21(17)27-22)23(29)28-26-14-15-7-1-2-8-16(15)24(30)31/h1-14H,(H,28,29)(H,30,31)/b26-14+. The van der Waals surface area contributed by atoms with Crippen molar-refractivity contribution in [2.45, 2.75) is 0 Å². The average molecular weight is 430 g/mol. The fraction of sp³-hybridized carbons (Fsp3) is 0. The number of carboxylic acid groups (broad SMARTS) is 1. The van der Waals surface area contributed by atoms with Crippen LogP contribution in [0.15, 0.2) is 84.0 Å². The summed E-state index contributed by atoms with van der Waals surface area (Å²) in [5.41, 5.74) is 5.25. The van der Waals surface area contributed by atoms with Crippen molar-refractivity contribution in [2.75, 3.05) is 0 Å².